The second-order valence-electron chi connectivity index (χ2n) is 4.29. The standard InChI is InChI=1S/C14H10BrCl2N3O2/c15-7-4-8(13(18)19-5-7)14(22)20-6-11(21)12-9(16)2-1-3-10(12)17/h1-5H,6H2,(H2,18,19)(H,20,22). The highest BCUT2D eigenvalue weighted by Crippen LogP contribution is 2.24. The van der Waals surface area contributed by atoms with Gasteiger partial charge in [-0.15, -0.1) is 0 Å². The first kappa shape index (κ1) is 16.7. The van der Waals surface area contributed by atoms with Crippen molar-refractivity contribution in [1.82, 2.24) is 10.3 Å². The van der Waals surface area contributed by atoms with Crippen LogP contribution in [0.2, 0.25) is 10.0 Å². The van der Waals surface area contributed by atoms with Gasteiger partial charge in [-0.2, -0.15) is 0 Å². The summed E-state index contributed by atoms with van der Waals surface area (Å²) in [5, 5.41) is 2.94. The predicted octanol–water partition coefficient (Wildman–Crippen LogP) is 3.35. The molecule has 0 spiro atoms. The first-order valence-electron chi connectivity index (χ1n) is 6.06. The number of halogens is 3. The molecule has 0 bridgehead atoms. The number of nitrogen functional groups attached to an aromatic ring is 1. The molecule has 0 fully saturated rings. The number of Topliss-reactive ketones (excluding diaryl/α,β-unsaturated/α-hetero) is 1. The van der Waals surface area contributed by atoms with Crippen molar-refractivity contribution in [3.63, 3.8) is 0 Å². The summed E-state index contributed by atoms with van der Waals surface area (Å²) < 4.78 is 0.604. The Kier molecular flexibility index (Phi) is 5.39. The van der Waals surface area contributed by atoms with Gasteiger partial charge in [0, 0.05) is 10.7 Å². The van der Waals surface area contributed by atoms with Gasteiger partial charge in [-0.25, -0.2) is 4.98 Å². The highest BCUT2D eigenvalue weighted by atomic mass is 79.9. The van der Waals surface area contributed by atoms with Crippen LogP contribution in [0.1, 0.15) is 20.7 Å². The molecule has 2 rings (SSSR count). The van der Waals surface area contributed by atoms with Gasteiger partial charge in [-0.3, -0.25) is 9.59 Å². The van der Waals surface area contributed by atoms with Crippen molar-refractivity contribution in [1.29, 1.82) is 0 Å². The quantitative estimate of drug-likeness (QED) is 0.768. The van der Waals surface area contributed by atoms with E-state index in [0.717, 1.165) is 0 Å². The zero-order chi connectivity index (χ0) is 16.3. The van der Waals surface area contributed by atoms with Crippen LogP contribution in [0.3, 0.4) is 0 Å². The van der Waals surface area contributed by atoms with Crippen LogP contribution in [0.25, 0.3) is 0 Å². The minimum absolute atomic E-state index is 0.0731. The molecule has 0 aliphatic heterocycles. The normalized spacial score (nSPS) is 10.3. The molecule has 114 valence electrons. The summed E-state index contributed by atoms with van der Waals surface area (Å²) in [6.07, 6.45) is 1.47. The van der Waals surface area contributed by atoms with Crippen LogP contribution < -0.4 is 11.1 Å². The number of nitrogens with zero attached hydrogens (tertiary/aromatic N) is 1. The van der Waals surface area contributed by atoms with E-state index in [1.807, 2.05) is 0 Å². The SMILES string of the molecule is Nc1ncc(Br)cc1C(=O)NCC(=O)c1c(Cl)cccc1Cl. The Labute approximate surface area is 144 Å². The zero-order valence-electron chi connectivity index (χ0n) is 11.1. The van der Waals surface area contributed by atoms with Crippen LogP contribution in [-0.4, -0.2) is 23.2 Å². The fourth-order valence-corrected chi connectivity index (χ4v) is 2.68. The molecule has 1 aromatic carbocycles. The number of rotatable bonds is 4. The number of hydrogen-bond acceptors (Lipinski definition) is 4. The lowest BCUT2D eigenvalue weighted by Crippen LogP contribution is -2.30. The van der Waals surface area contributed by atoms with Crippen LogP contribution in [0, 0.1) is 0 Å². The number of aromatic nitrogens is 1. The van der Waals surface area contributed by atoms with Crippen molar-refractivity contribution in [2.75, 3.05) is 12.3 Å². The molecule has 0 atom stereocenters. The minimum Gasteiger partial charge on any atom is -0.383 e. The molecule has 1 aromatic heterocycles. The molecule has 1 amide bonds. The Morgan fingerprint density at radius 1 is 1.27 bits per heavy atom. The van der Waals surface area contributed by atoms with Crippen LogP contribution in [0.4, 0.5) is 5.82 Å². The number of carbonyl (C=O) groups is 2. The van der Waals surface area contributed by atoms with Gasteiger partial charge in [0.25, 0.3) is 5.91 Å². The van der Waals surface area contributed by atoms with E-state index in [-0.39, 0.29) is 33.5 Å². The summed E-state index contributed by atoms with van der Waals surface area (Å²) >= 11 is 15.1. The molecule has 0 aliphatic rings. The minimum atomic E-state index is -0.511. The van der Waals surface area contributed by atoms with Crippen molar-refractivity contribution < 1.29 is 9.59 Å². The van der Waals surface area contributed by atoms with Crippen molar-refractivity contribution in [2.45, 2.75) is 0 Å². The number of carbonyl (C=O) groups excluding carboxylic acids is 2. The maximum atomic E-state index is 12.1. The largest absolute Gasteiger partial charge is 0.383 e. The highest BCUT2D eigenvalue weighted by molar-refractivity contribution is 9.10. The molecule has 0 unspecified atom stereocenters. The zero-order valence-corrected chi connectivity index (χ0v) is 14.2. The molecular weight excluding hydrogens is 393 g/mol. The molecule has 2 aromatic rings. The van der Waals surface area contributed by atoms with Crippen LogP contribution in [0.5, 0.6) is 0 Å². The predicted molar refractivity (Wildman–Crippen MR) is 89.5 cm³/mol. The molecule has 22 heavy (non-hydrogen) atoms. The van der Waals surface area contributed by atoms with Gasteiger partial charge in [0.1, 0.15) is 5.82 Å². The molecule has 0 saturated heterocycles. The van der Waals surface area contributed by atoms with E-state index in [2.05, 4.69) is 26.2 Å². The molecule has 0 aliphatic carbocycles. The van der Waals surface area contributed by atoms with Crippen molar-refractivity contribution >= 4 is 56.6 Å². The summed E-state index contributed by atoms with van der Waals surface area (Å²) in [6, 6.07) is 6.26. The summed E-state index contributed by atoms with van der Waals surface area (Å²) in [7, 11) is 0. The Balaban J connectivity index is 2.11. The molecule has 3 N–H and O–H groups in total. The van der Waals surface area contributed by atoms with Crippen molar-refractivity contribution in [2.24, 2.45) is 0 Å². The molecule has 0 saturated carbocycles. The van der Waals surface area contributed by atoms with E-state index < -0.39 is 11.7 Å². The summed E-state index contributed by atoms with van der Waals surface area (Å²) in [5.74, 6) is -0.836. The number of pyridine rings is 1. The van der Waals surface area contributed by atoms with Gasteiger partial charge in [-0.1, -0.05) is 29.3 Å². The van der Waals surface area contributed by atoms with E-state index in [1.54, 1.807) is 18.2 Å². The number of ketones is 1. The lowest BCUT2D eigenvalue weighted by atomic mass is 10.1. The number of benzene rings is 1. The second-order valence-corrected chi connectivity index (χ2v) is 6.02. The topological polar surface area (TPSA) is 85.1 Å². The van der Waals surface area contributed by atoms with E-state index in [0.29, 0.717) is 4.47 Å². The molecule has 5 nitrogen and oxygen atoms in total. The molecular formula is C14H10BrCl2N3O2. The number of nitrogens with one attached hydrogen (secondary N) is 1. The van der Waals surface area contributed by atoms with Crippen LogP contribution in [0.15, 0.2) is 34.9 Å². The second kappa shape index (κ2) is 7.09. The number of anilines is 1. The van der Waals surface area contributed by atoms with Crippen LogP contribution >= 0.6 is 39.1 Å². The summed E-state index contributed by atoms with van der Waals surface area (Å²) in [6.45, 7) is -0.256. The van der Waals surface area contributed by atoms with Gasteiger partial charge < -0.3 is 11.1 Å². The molecule has 8 heteroatoms. The highest BCUT2D eigenvalue weighted by Gasteiger charge is 2.17. The van der Waals surface area contributed by atoms with E-state index in [1.165, 1.54) is 12.3 Å². The fourth-order valence-electron chi connectivity index (χ4n) is 1.74. The van der Waals surface area contributed by atoms with E-state index in [9.17, 15) is 9.59 Å². The average molecular weight is 403 g/mol. The van der Waals surface area contributed by atoms with Crippen LogP contribution in [-0.2, 0) is 0 Å². The van der Waals surface area contributed by atoms with Gasteiger partial charge >= 0.3 is 0 Å². The Bertz CT molecular complexity index is 733. The maximum Gasteiger partial charge on any atom is 0.255 e. The van der Waals surface area contributed by atoms with E-state index >= 15 is 0 Å². The Morgan fingerprint density at radius 2 is 1.91 bits per heavy atom. The number of amides is 1. The van der Waals surface area contributed by atoms with Crippen molar-refractivity contribution in [3.05, 3.63) is 56.1 Å². The number of nitrogens with two attached hydrogens (primary N) is 1. The van der Waals surface area contributed by atoms with E-state index in [4.69, 9.17) is 28.9 Å². The monoisotopic (exact) mass is 401 g/mol. The van der Waals surface area contributed by atoms with Gasteiger partial charge in [-0.05, 0) is 34.1 Å². The molecule has 0 radical (unpaired) electrons. The van der Waals surface area contributed by atoms with Gasteiger partial charge in [0.15, 0.2) is 5.78 Å². The summed E-state index contributed by atoms with van der Waals surface area (Å²) in [4.78, 5) is 28.0. The first-order chi connectivity index (χ1) is 10.4. The molecule has 1 heterocycles. The number of hydrogen-bond donors (Lipinski definition) is 2. The first-order valence-corrected chi connectivity index (χ1v) is 7.61. The Hall–Kier alpha value is -1.63. The third kappa shape index (κ3) is 3.76. The van der Waals surface area contributed by atoms with Crippen molar-refractivity contribution in [3.8, 4) is 0 Å². The lowest BCUT2D eigenvalue weighted by molar-refractivity contribution is 0.0904. The maximum absolute atomic E-state index is 12.1. The van der Waals surface area contributed by atoms with Gasteiger partial charge in [0.05, 0.1) is 27.7 Å². The lowest BCUT2D eigenvalue weighted by Gasteiger charge is -2.09. The summed E-state index contributed by atoms with van der Waals surface area (Å²) in [5.41, 5.74) is 5.98. The third-order valence-electron chi connectivity index (χ3n) is 2.78. The van der Waals surface area contributed by atoms with Gasteiger partial charge in [0.2, 0.25) is 0 Å². The third-order valence-corrected chi connectivity index (χ3v) is 3.84. The fraction of sp³-hybridized carbons (Fsp3) is 0.0714. The Morgan fingerprint density at radius 3 is 2.55 bits per heavy atom. The smallest absolute Gasteiger partial charge is 0.255 e. The average Bonchev–Trinajstić information content (AvgIpc) is 2.47.